The molecule has 4 rings (SSSR count). The minimum atomic E-state index is -1.94. The molecule has 4 aromatic carbocycles. The van der Waals surface area contributed by atoms with Gasteiger partial charge in [0.05, 0.1) is 16.3 Å². The first-order valence-electron chi connectivity index (χ1n) is 11.3. The number of anilines is 1. The van der Waals surface area contributed by atoms with Crippen LogP contribution in [0, 0.1) is 0 Å². The van der Waals surface area contributed by atoms with Crippen LogP contribution in [0.5, 0.6) is 0 Å². The number of carbonyl (C=O) groups excluding carboxylic acids is 2. The zero-order valence-electron chi connectivity index (χ0n) is 19.8. The van der Waals surface area contributed by atoms with E-state index >= 15 is 0 Å². The normalized spacial score (nSPS) is 11.6. The molecule has 0 unspecified atom stereocenters. The van der Waals surface area contributed by atoms with E-state index in [1.54, 1.807) is 91.9 Å². The summed E-state index contributed by atoms with van der Waals surface area (Å²) in [4.78, 5) is 25.9. The van der Waals surface area contributed by atoms with Gasteiger partial charge in [-0.3, -0.25) is 9.59 Å². The SMILES string of the molecule is C/C(=N/NC(=O)C(O)(c1ccccc1)c1ccccc1)c1cccc(NC(=O)c2ccc(Cl)cc2Cl)c1. The second kappa shape index (κ2) is 11.4. The number of rotatable bonds is 7. The third-order valence-electron chi connectivity index (χ3n) is 5.75. The number of hydrogen-bond acceptors (Lipinski definition) is 4. The first-order valence-corrected chi connectivity index (χ1v) is 12.1. The molecule has 0 radical (unpaired) electrons. The molecule has 0 bridgehead atoms. The lowest BCUT2D eigenvalue weighted by atomic mass is 9.85. The molecule has 0 aliphatic heterocycles. The largest absolute Gasteiger partial charge is 0.372 e. The van der Waals surface area contributed by atoms with Crippen LogP contribution in [0.15, 0.2) is 108 Å². The predicted octanol–water partition coefficient (Wildman–Crippen LogP) is 6.02. The number of aliphatic hydroxyl groups is 1. The van der Waals surface area contributed by atoms with Crippen LogP contribution in [0.2, 0.25) is 10.0 Å². The van der Waals surface area contributed by atoms with Crippen LogP contribution in [-0.2, 0) is 10.4 Å². The summed E-state index contributed by atoms with van der Waals surface area (Å²) in [6, 6.07) is 29.0. The molecular weight excluding hydrogens is 509 g/mol. The van der Waals surface area contributed by atoms with Crippen LogP contribution in [0.25, 0.3) is 0 Å². The Morgan fingerprint density at radius 2 is 1.43 bits per heavy atom. The fraction of sp³-hybridized carbons (Fsp3) is 0.0690. The molecule has 0 heterocycles. The maximum atomic E-state index is 13.3. The average molecular weight is 532 g/mol. The van der Waals surface area contributed by atoms with E-state index in [4.69, 9.17) is 23.2 Å². The Hall–Kier alpha value is -3.97. The molecule has 0 aliphatic carbocycles. The van der Waals surface area contributed by atoms with Gasteiger partial charge < -0.3 is 10.4 Å². The van der Waals surface area contributed by atoms with Gasteiger partial charge in [0.25, 0.3) is 11.8 Å². The van der Waals surface area contributed by atoms with E-state index in [1.165, 1.54) is 6.07 Å². The Labute approximate surface area is 224 Å². The van der Waals surface area contributed by atoms with Gasteiger partial charge in [-0.1, -0.05) is 96.0 Å². The second-order valence-corrected chi connectivity index (χ2v) is 9.08. The van der Waals surface area contributed by atoms with Crippen molar-refractivity contribution in [3.8, 4) is 0 Å². The number of nitrogens with zero attached hydrogens (tertiary/aromatic N) is 1. The zero-order valence-corrected chi connectivity index (χ0v) is 21.3. The first kappa shape index (κ1) is 26.1. The lowest BCUT2D eigenvalue weighted by molar-refractivity contribution is -0.136. The molecular formula is C29H23Cl2N3O3. The van der Waals surface area contributed by atoms with Gasteiger partial charge in [0, 0.05) is 10.7 Å². The maximum absolute atomic E-state index is 13.3. The van der Waals surface area contributed by atoms with Crippen LogP contribution in [0.3, 0.4) is 0 Å². The summed E-state index contributed by atoms with van der Waals surface area (Å²) in [6.07, 6.45) is 0. The Morgan fingerprint density at radius 1 is 0.811 bits per heavy atom. The third-order valence-corrected chi connectivity index (χ3v) is 6.30. The topological polar surface area (TPSA) is 90.8 Å². The van der Waals surface area contributed by atoms with Gasteiger partial charge in [0.15, 0.2) is 5.60 Å². The van der Waals surface area contributed by atoms with Crippen LogP contribution >= 0.6 is 23.2 Å². The van der Waals surface area contributed by atoms with Crippen molar-refractivity contribution >= 4 is 46.4 Å². The highest BCUT2D eigenvalue weighted by Gasteiger charge is 2.39. The van der Waals surface area contributed by atoms with Gasteiger partial charge >= 0.3 is 0 Å². The molecule has 8 heteroatoms. The molecule has 0 aromatic heterocycles. The van der Waals surface area contributed by atoms with Gasteiger partial charge in [0.2, 0.25) is 0 Å². The van der Waals surface area contributed by atoms with Crippen molar-refractivity contribution in [3.63, 3.8) is 0 Å². The number of halogens is 2. The van der Waals surface area contributed by atoms with Crippen molar-refractivity contribution in [2.45, 2.75) is 12.5 Å². The molecule has 3 N–H and O–H groups in total. The minimum Gasteiger partial charge on any atom is -0.372 e. The number of nitrogens with one attached hydrogen (secondary N) is 2. The highest BCUT2D eigenvalue weighted by molar-refractivity contribution is 6.37. The fourth-order valence-corrected chi connectivity index (χ4v) is 4.26. The van der Waals surface area contributed by atoms with E-state index in [-0.39, 0.29) is 10.6 Å². The minimum absolute atomic E-state index is 0.242. The van der Waals surface area contributed by atoms with Crippen molar-refractivity contribution in [1.82, 2.24) is 5.43 Å². The van der Waals surface area contributed by atoms with Gasteiger partial charge in [0.1, 0.15) is 0 Å². The standard InChI is InChI=1S/C29H23Cl2N3O3/c1-19(20-9-8-14-24(17-20)32-27(35)25-16-15-23(30)18-26(25)31)33-34-28(36)29(37,21-10-4-2-5-11-21)22-12-6-3-7-13-22/h2-18,37H,1H3,(H,32,35)(H,34,36)/b33-19-. The van der Waals surface area contributed by atoms with Crippen molar-refractivity contribution in [2.75, 3.05) is 5.32 Å². The summed E-state index contributed by atoms with van der Waals surface area (Å²) >= 11 is 12.1. The monoisotopic (exact) mass is 531 g/mol. The van der Waals surface area contributed by atoms with E-state index in [2.05, 4.69) is 15.8 Å². The highest BCUT2D eigenvalue weighted by Crippen LogP contribution is 2.30. The van der Waals surface area contributed by atoms with Crippen molar-refractivity contribution in [1.29, 1.82) is 0 Å². The summed E-state index contributed by atoms with van der Waals surface area (Å²) in [5.41, 5.74) is 3.31. The summed E-state index contributed by atoms with van der Waals surface area (Å²) in [5.74, 6) is -1.09. The molecule has 2 amide bonds. The van der Waals surface area contributed by atoms with Gasteiger partial charge in [-0.15, -0.1) is 0 Å². The smallest absolute Gasteiger partial charge is 0.281 e. The molecule has 0 saturated carbocycles. The zero-order chi connectivity index (χ0) is 26.4. The number of hydrazone groups is 1. The quantitative estimate of drug-likeness (QED) is 0.201. The maximum Gasteiger partial charge on any atom is 0.281 e. The first-order chi connectivity index (χ1) is 17.8. The molecule has 0 saturated heterocycles. The van der Waals surface area contributed by atoms with Crippen LogP contribution < -0.4 is 10.7 Å². The van der Waals surface area contributed by atoms with Gasteiger partial charge in [-0.2, -0.15) is 5.10 Å². The van der Waals surface area contributed by atoms with Crippen molar-refractivity contribution < 1.29 is 14.7 Å². The molecule has 0 aliphatic rings. The molecule has 0 spiro atoms. The van der Waals surface area contributed by atoms with Crippen molar-refractivity contribution in [3.05, 3.63) is 135 Å². The lowest BCUT2D eigenvalue weighted by Gasteiger charge is -2.27. The Balaban J connectivity index is 1.54. The number of carbonyl (C=O) groups is 2. The predicted molar refractivity (Wildman–Crippen MR) is 147 cm³/mol. The molecule has 0 atom stereocenters. The average Bonchev–Trinajstić information content (AvgIpc) is 2.92. The lowest BCUT2D eigenvalue weighted by Crippen LogP contribution is -2.43. The molecule has 6 nitrogen and oxygen atoms in total. The number of amides is 2. The number of benzene rings is 4. The van der Waals surface area contributed by atoms with E-state index in [0.717, 1.165) is 0 Å². The van der Waals surface area contributed by atoms with E-state index < -0.39 is 17.4 Å². The van der Waals surface area contributed by atoms with Crippen LogP contribution in [0.4, 0.5) is 5.69 Å². The Morgan fingerprint density at radius 3 is 2.03 bits per heavy atom. The summed E-state index contributed by atoms with van der Waals surface area (Å²) in [6.45, 7) is 1.71. The highest BCUT2D eigenvalue weighted by atomic mass is 35.5. The van der Waals surface area contributed by atoms with Gasteiger partial charge in [-0.05, 0) is 53.9 Å². The van der Waals surface area contributed by atoms with Crippen LogP contribution in [-0.4, -0.2) is 22.6 Å². The van der Waals surface area contributed by atoms with E-state index in [9.17, 15) is 14.7 Å². The molecule has 0 fully saturated rings. The summed E-state index contributed by atoms with van der Waals surface area (Å²) in [5, 5.41) is 19.2. The fourth-order valence-electron chi connectivity index (χ4n) is 3.76. The Bertz CT molecular complexity index is 1420. The Kier molecular flexibility index (Phi) is 8.04. The van der Waals surface area contributed by atoms with Gasteiger partial charge in [-0.25, -0.2) is 5.43 Å². The molecule has 37 heavy (non-hydrogen) atoms. The summed E-state index contributed by atoms with van der Waals surface area (Å²) in [7, 11) is 0. The van der Waals surface area contributed by atoms with E-state index in [0.29, 0.717) is 33.1 Å². The van der Waals surface area contributed by atoms with Crippen molar-refractivity contribution in [2.24, 2.45) is 5.10 Å². The van der Waals surface area contributed by atoms with Crippen LogP contribution in [0.1, 0.15) is 34.0 Å². The summed E-state index contributed by atoms with van der Waals surface area (Å²) < 4.78 is 0. The second-order valence-electron chi connectivity index (χ2n) is 8.24. The molecule has 4 aromatic rings. The third kappa shape index (κ3) is 5.89. The molecule has 186 valence electrons. The number of hydrogen-bond donors (Lipinski definition) is 3. The van der Waals surface area contributed by atoms with E-state index in [1.807, 2.05) is 12.1 Å².